The maximum absolute atomic E-state index is 9.99. The van der Waals surface area contributed by atoms with E-state index in [9.17, 15) is 10.2 Å². The standard InChI is InChI=1S/C19H16N2O2/c22-16-5-1-3-12-7-9-14(20-18(12)16)11-15-10-8-13-4-2-6-17(23)19(13)21-15/h1-10,12,18,22-23H,11H2. The Morgan fingerprint density at radius 2 is 1.96 bits per heavy atom. The van der Waals surface area contributed by atoms with Crippen molar-refractivity contribution in [2.45, 2.75) is 12.5 Å². The van der Waals surface area contributed by atoms with Gasteiger partial charge in [0.1, 0.15) is 23.1 Å². The van der Waals surface area contributed by atoms with Gasteiger partial charge >= 0.3 is 0 Å². The van der Waals surface area contributed by atoms with Gasteiger partial charge in [-0.05, 0) is 24.3 Å². The van der Waals surface area contributed by atoms with Crippen molar-refractivity contribution >= 4 is 16.6 Å². The lowest BCUT2D eigenvalue weighted by molar-refractivity contribution is 0.348. The molecule has 2 aromatic rings. The normalized spacial score (nSPS) is 22.6. The van der Waals surface area contributed by atoms with Gasteiger partial charge < -0.3 is 10.2 Å². The van der Waals surface area contributed by atoms with E-state index < -0.39 is 0 Å². The number of rotatable bonds is 2. The monoisotopic (exact) mass is 304 g/mol. The maximum atomic E-state index is 9.99. The van der Waals surface area contributed by atoms with Crippen LogP contribution in [-0.2, 0) is 6.42 Å². The van der Waals surface area contributed by atoms with Crippen LogP contribution in [-0.4, -0.2) is 27.0 Å². The van der Waals surface area contributed by atoms with Crippen molar-refractivity contribution in [2.24, 2.45) is 10.9 Å². The molecule has 0 bridgehead atoms. The lowest BCUT2D eigenvalue weighted by Gasteiger charge is -2.24. The largest absolute Gasteiger partial charge is 0.510 e. The van der Waals surface area contributed by atoms with Gasteiger partial charge in [0.15, 0.2) is 0 Å². The highest BCUT2D eigenvalue weighted by Gasteiger charge is 2.25. The Balaban J connectivity index is 1.64. The molecule has 2 heterocycles. The van der Waals surface area contributed by atoms with E-state index in [1.54, 1.807) is 18.2 Å². The Morgan fingerprint density at radius 1 is 1.04 bits per heavy atom. The van der Waals surface area contributed by atoms with E-state index in [2.05, 4.69) is 16.1 Å². The third kappa shape index (κ3) is 2.52. The van der Waals surface area contributed by atoms with Crippen LogP contribution in [0.2, 0.25) is 0 Å². The van der Waals surface area contributed by atoms with E-state index in [0.29, 0.717) is 17.7 Å². The molecule has 2 aliphatic rings. The summed E-state index contributed by atoms with van der Waals surface area (Å²) in [6.45, 7) is 0. The zero-order valence-electron chi connectivity index (χ0n) is 12.4. The molecule has 0 radical (unpaired) electrons. The summed E-state index contributed by atoms with van der Waals surface area (Å²) in [5, 5.41) is 20.8. The fourth-order valence-electron chi connectivity index (χ4n) is 3.01. The van der Waals surface area contributed by atoms with Crippen LogP contribution in [0.1, 0.15) is 5.69 Å². The highest BCUT2D eigenvalue weighted by Crippen LogP contribution is 2.27. The molecule has 4 nitrogen and oxygen atoms in total. The predicted octanol–water partition coefficient (Wildman–Crippen LogP) is 3.49. The van der Waals surface area contributed by atoms with Gasteiger partial charge in [0.05, 0.1) is 0 Å². The summed E-state index contributed by atoms with van der Waals surface area (Å²) in [4.78, 5) is 9.18. The van der Waals surface area contributed by atoms with Crippen molar-refractivity contribution in [3.8, 4) is 5.75 Å². The summed E-state index contributed by atoms with van der Waals surface area (Å²) in [5.41, 5.74) is 2.33. The van der Waals surface area contributed by atoms with Crippen LogP contribution >= 0.6 is 0 Å². The minimum Gasteiger partial charge on any atom is -0.510 e. The molecule has 0 spiro atoms. The number of para-hydroxylation sites is 1. The van der Waals surface area contributed by atoms with Crippen LogP contribution in [0.5, 0.6) is 5.75 Å². The van der Waals surface area contributed by atoms with Crippen molar-refractivity contribution < 1.29 is 10.2 Å². The molecule has 1 aliphatic heterocycles. The topological polar surface area (TPSA) is 65.7 Å². The summed E-state index contributed by atoms with van der Waals surface area (Å²) in [7, 11) is 0. The molecule has 2 unspecified atom stereocenters. The number of allylic oxidation sites excluding steroid dienone is 3. The third-order valence-electron chi connectivity index (χ3n) is 4.20. The van der Waals surface area contributed by atoms with Crippen molar-refractivity contribution in [1.82, 2.24) is 4.98 Å². The molecule has 2 N–H and O–H groups in total. The van der Waals surface area contributed by atoms with Crippen molar-refractivity contribution in [2.75, 3.05) is 0 Å². The highest BCUT2D eigenvalue weighted by molar-refractivity contribution is 5.97. The van der Waals surface area contributed by atoms with Gasteiger partial charge in [-0.2, -0.15) is 0 Å². The van der Waals surface area contributed by atoms with E-state index in [0.717, 1.165) is 16.8 Å². The van der Waals surface area contributed by atoms with Gasteiger partial charge in [0.25, 0.3) is 0 Å². The lowest BCUT2D eigenvalue weighted by atomic mass is 9.90. The van der Waals surface area contributed by atoms with Gasteiger partial charge in [0.2, 0.25) is 0 Å². The number of aromatic nitrogens is 1. The summed E-state index contributed by atoms with van der Waals surface area (Å²) < 4.78 is 0. The van der Waals surface area contributed by atoms with Crippen LogP contribution in [0.25, 0.3) is 10.9 Å². The molecule has 4 rings (SSSR count). The minimum atomic E-state index is -0.228. The van der Waals surface area contributed by atoms with Crippen LogP contribution < -0.4 is 0 Å². The van der Waals surface area contributed by atoms with E-state index in [1.165, 1.54) is 0 Å². The maximum Gasteiger partial charge on any atom is 0.141 e. The number of aliphatic hydroxyl groups excluding tert-OH is 1. The molecule has 23 heavy (non-hydrogen) atoms. The SMILES string of the molecule is OC1=CC=CC2C=CC(Cc3ccc4cccc(O)c4n3)=NC12. The van der Waals surface area contributed by atoms with Gasteiger partial charge in [-0.1, -0.05) is 36.4 Å². The first-order chi connectivity index (χ1) is 11.2. The number of dihydropyridines is 1. The van der Waals surface area contributed by atoms with Gasteiger partial charge in [-0.25, -0.2) is 4.98 Å². The summed E-state index contributed by atoms with van der Waals surface area (Å²) in [5.74, 6) is 0.601. The summed E-state index contributed by atoms with van der Waals surface area (Å²) in [6, 6.07) is 9.03. The molecule has 0 saturated carbocycles. The Bertz CT molecular complexity index is 893. The molecule has 2 atom stereocenters. The molecular formula is C19H16N2O2. The Labute approximate surface area is 133 Å². The van der Waals surface area contributed by atoms with Gasteiger partial charge in [-0.3, -0.25) is 4.99 Å². The van der Waals surface area contributed by atoms with Gasteiger partial charge in [-0.15, -0.1) is 0 Å². The first-order valence-corrected chi connectivity index (χ1v) is 7.60. The minimum absolute atomic E-state index is 0.123. The molecule has 4 heteroatoms. The number of hydrogen-bond donors (Lipinski definition) is 2. The number of phenolic OH excluding ortho intramolecular Hbond substituents is 1. The van der Waals surface area contributed by atoms with Crippen LogP contribution in [0.4, 0.5) is 0 Å². The molecule has 0 saturated heterocycles. The second-order valence-corrected chi connectivity index (χ2v) is 5.81. The predicted molar refractivity (Wildman–Crippen MR) is 90.8 cm³/mol. The Kier molecular flexibility index (Phi) is 3.23. The smallest absolute Gasteiger partial charge is 0.141 e. The number of aromatic hydroxyl groups is 1. The molecular weight excluding hydrogens is 288 g/mol. The van der Waals surface area contributed by atoms with E-state index >= 15 is 0 Å². The summed E-state index contributed by atoms with van der Waals surface area (Å²) >= 11 is 0. The van der Waals surface area contributed by atoms with Crippen molar-refractivity contribution in [3.05, 3.63) is 72.2 Å². The number of nitrogens with zero attached hydrogens (tertiary/aromatic N) is 2. The fraction of sp³-hybridized carbons (Fsp3) is 0.158. The Hall–Kier alpha value is -2.88. The summed E-state index contributed by atoms with van der Waals surface area (Å²) in [6.07, 6.45) is 10.2. The van der Waals surface area contributed by atoms with Gasteiger partial charge in [0, 0.05) is 29.1 Å². The average Bonchev–Trinajstić information content (AvgIpc) is 2.56. The first-order valence-electron chi connectivity index (χ1n) is 7.60. The molecule has 1 aliphatic carbocycles. The van der Waals surface area contributed by atoms with E-state index in [-0.39, 0.29) is 17.7 Å². The van der Waals surface area contributed by atoms with E-state index in [4.69, 9.17) is 0 Å². The number of pyridine rings is 1. The molecule has 1 aromatic carbocycles. The van der Waals surface area contributed by atoms with Crippen molar-refractivity contribution in [3.63, 3.8) is 0 Å². The van der Waals surface area contributed by atoms with Crippen LogP contribution in [0.15, 0.2) is 71.5 Å². The number of hydrogen-bond acceptors (Lipinski definition) is 4. The first kappa shape index (κ1) is 13.8. The van der Waals surface area contributed by atoms with Crippen LogP contribution in [0, 0.1) is 5.92 Å². The third-order valence-corrected chi connectivity index (χ3v) is 4.20. The zero-order valence-corrected chi connectivity index (χ0v) is 12.4. The number of aliphatic hydroxyl groups is 1. The Morgan fingerprint density at radius 3 is 2.87 bits per heavy atom. The lowest BCUT2D eigenvalue weighted by Crippen LogP contribution is -2.25. The van der Waals surface area contributed by atoms with Crippen molar-refractivity contribution in [1.29, 1.82) is 0 Å². The molecule has 114 valence electrons. The quantitative estimate of drug-likeness (QED) is 0.892. The van der Waals surface area contributed by atoms with E-state index in [1.807, 2.05) is 36.4 Å². The number of aliphatic imine (C=N–C) groups is 1. The number of benzene rings is 1. The highest BCUT2D eigenvalue weighted by atomic mass is 16.3. The fourth-order valence-corrected chi connectivity index (χ4v) is 3.01. The zero-order chi connectivity index (χ0) is 15.8. The number of phenols is 1. The molecule has 0 amide bonds. The number of fused-ring (bicyclic) bond motifs is 2. The molecule has 1 aromatic heterocycles. The second-order valence-electron chi connectivity index (χ2n) is 5.81. The average molecular weight is 304 g/mol. The second kappa shape index (κ2) is 5.39. The van der Waals surface area contributed by atoms with Crippen LogP contribution in [0.3, 0.4) is 0 Å². The molecule has 0 fully saturated rings.